The maximum Gasteiger partial charge on any atom is 0.253 e. The van der Waals surface area contributed by atoms with Crippen molar-refractivity contribution in [1.29, 1.82) is 5.26 Å². The van der Waals surface area contributed by atoms with Crippen molar-refractivity contribution in [3.05, 3.63) is 60.0 Å². The van der Waals surface area contributed by atoms with Crippen molar-refractivity contribution in [2.45, 2.75) is 10.8 Å². The van der Waals surface area contributed by atoms with Gasteiger partial charge in [-0.2, -0.15) is 9.57 Å². The number of rotatable bonds is 4. The number of nitriles is 1. The van der Waals surface area contributed by atoms with Crippen LogP contribution in [-0.4, -0.2) is 53.1 Å². The van der Waals surface area contributed by atoms with Gasteiger partial charge in [0.1, 0.15) is 4.21 Å². The molecule has 4 heterocycles. The number of sulfonamides is 1. The third-order valence-corrected chi connectivity index (χ3v) is 8.75. The highest BCUT2D eigenvalue weighted by atomic mass is 32.2. The molecular weight excluding hydrogens is 434 g/mol. The molecule has 0 radical (unpaired) electrons. The minimum Gasteiger partial charge on any atom is -0.357 e. The topological polar surface area (TPSA) is 110 Å². The van der Waals surface area contributed by atoms with Crippen LogP contribution in [0.2, 0.25) is 0 Å². The lowest BCUT2D eigenvalue weighted by Crippen LogP contribution is -2.51. The molecule has 0 aliphatic carbocycles. The number of thiophene rings is 1. The average molecular weight is 452 g/mol. The first kappa shape index (κ1) is 19.7. The van der Waals surface area contributed by atoms with Gasteiger partial charge in [-0.05, 0) is 41.8 Å². The number of carbonyl (C=O) groups is 1. The van der Waals surface area contributed by atoms with Crippen molar-refractivity contribution in [2.24, 2.45) is 0 Å². The summed E-state index contributed by atoms with van der Waals surface area (Å²) >= 11 is 1.15. The Morgan fingerprint density at radius 2 is 2.03 bits per heavy atom. The monoisotopic (exact) mass is 451 g/mol. The Kier molecular flexibility index (Phi) is 4.74. The van der Waals surface area contributed by atoms with Crippen LogP contribution in [0.15, 0.2) is 53.0 Å². The zero-order valence-corrected chi connectivity index (χ0v) is 17.9. The van der Waals surface area contributed by atoms with Gasteiger partial charge < -0.3 is 9.88 Å². The molecule has 1 N–H and O–H groups in total. The molecule has 10 heteroatoms. The third-order valence-electron chi connectivity index (χ3n) is 5.34. The fourth-order valence-corrected chi connectivity index (χ4v) is 6.64. The highest BCUT2D eigenvalue weighted by molar-refractivity contribution is 7.91. The summed E-state index contributed by atoms with van der Waals surface area (Å²) in [6, 6.07) is 12.5. The lowest BCUT2D eigenvalue weighted by Gasteiger charge is -2.33. The molecule has 1 aromatic carbocycles. The maximum absolute atomic E-state index is 13.1. The van der Waals surface area contributed by atoms with Crippen LogP contribution < -0.4 is 0 Å². The van der Waals surface area contributed by atoms with Gasteiger partial charge in [0, 0.05) is 46.8 Å². The first-order valence-corrected chi connectivity index (χ1v) is 11.8. The molecule has 8 nitrogen and oxygen atoms in total. The van der Waals surface area contributed by atoms with Crippen LogP contribution in [0.3, 0.4) is 0 Å². The van der Waals surface area contributed by atoms with Gasteiger partial charge in [-0.15, -0.1) is 11.3 Å². The lowest BCUT2D eigenvalue weighted by atomic mass is 10.2. The molecule has 4 aromatic rings. The summed E-state index contributed by atoms with van der Waals surface area (Å²) in [7, 11) is -3.79. The van der Waals surface area contributed by atoms with Crippen LogP contribution >= 0.6 is 11.3 Å². The molecule has 1 saturated heterocycles. The molecule has 3 aromatic heterocycles. The molecule has 0 unspecified atom stereocenters. The number of H-pyrrole nitrogens is 1. The van der Waals surface area contributed by atoms with Gasteiger partial charge in [0.25, 0.3) is 10.0 Å². The van der Waals surface area contributed by atoms with E-state index in [9.17, 15) is 13.2 Å². The van der Waals surface area contributed by atoms with Gasteiger partial charge >= 0.3 is 0 Å². The van der Waals surface area contributed by atoms with Gasteiger partial charge in [0.15, 0.2) is 0 Å². The standard InChI is InChI=1S/C21H17N5O3S2/c22-10-14-1-2-19-15(7-14)9-21(30-19)31(28,29)26-6-5-25(20(27)13-26)12-17-8-16-11-23-4-3-18(16)24-17/h1-4,7-9,11,24H,5-6,12-13H2. The second-order valence-corrected chi connectivity index (χ2v) is 10.6. The van der Waals surface area contributed by atoms with Crippen molar-refractivity contribution in [3.63, 3.8) is 0 Å². The molecule has 5 rings (SSSR count). The maximum atomic E-state index is 13.1. The lowest BCUT2D eigenvalue weighted by molar-refractivity contribution is -0.134. The molecule has 1 fully saturated rings. The quantitative estimate of drug-likeness (QED) is 0.513. The second-order valence-electron chi connectivity index (χ2n) is 7.34. The van der Waals surface area contributed by atoms with Crippen LogP contribution in [0, 0.1) is 11.3 Å². The number of aromatic nitrogens is 2. The predicted molar refractivity (Wildman–Crippen MR) is 117 cm³/mol. The van der Waals surface area contributed by atoms with Crippen LogP contribution in [0.25, 0.3) is 21.0 Å². The minimum absolute atomic E-state index is 0.182. The van der Waals surface area contributed by atoms with Crippen LogP contribution in [0.4, 0.5) is 0 Å². The number of piperazine rings is 1. The number of benzene rings is 1. The number of amides is 1. The number of nitrogens with one attached hydrogen (secondary N) is 1. The van der Waals surface area contributed by atoms with E-state index < -0.39 is 10.0 Å². The number of hydrogen-bond donors (Lipinski definition) is 1. The normalized spacial score (nSPS) is 15.6. The smallest absolute Gasteiger partial charge is 0.253 e. The summed E-state index contributed by atoms with van der Waals surface area (Å²) in [5.41, 5.74) is 2.30. The van der Waals surface area contributed by atoms with Gasteiger partial charge in [-0.1, -0.05) is 0 Å². The van der Waals surface area contributed by atoms with Gasteiger partial charge in [-0.25, -0.2) is 8.42 Å². The molecule has 156 valence electrons. The molecule has 1 aliphatic heterocycles. The molecule has 0 atom stereocenters. The van der Waals surface area contributed by atoms with E-state index in [-0.39, 0.29) is 23.2 Å². The van der Waals surface area contributed by atoms with E-state index in [1.807, 2.05) is 12.1 Å². The average Bonchev–Trinajstić information content (AvgIpc) is 3.38. The van der Waals surface area contributed by atoms with Gasteiger partial charge in [0.2, 0.25) is 5.91 Å². The highest BCUT2D eigenvalue weighted by Gasteiger charge is 2.34. The Morgan fingerprint density at radius 1 is 1.16 bits per heavy atom. The molecular formula is C21H17N5O3S2. The van der Waals surface area contributed by atoms with E-state index in [1.54, 1.807) is 41.6 Å². The highest BCUT2D eigenvalue weighted by Crippen LogP contribution is 2.32. The number of carbonyl (C=O) groups excluding carboxylic acids is 1. The molecule has 0 bridgehead atoms. The van der Waals surface area contributed by atoms with E-state index in [1.165, 1.54) is 4.31 Å². The third kappa shape index (κ3) is 3.57. The van der Waals surface area contributed by atoms with E-state index in [0.29, 0.717) is 24.0 Å². The van der Waals surface area contributed by atoms with E-state index in [0.717, 1.165) is 32.6 Å². The van der Waals surface area contributed by atoms with Crippen LogP contribution in [-0.2, 0) is 21.4 Å². The Hall–Kier alpha value is -3.26. The van der Waals surface area contributed by atoms with Crippen molar-refractivity contribution < 1.29 is 13.2 Å². The summed E-state index contributed by atoms with van der Waals surface area (Å²) in [5.74, 6) is -0.237. The molecule has 1 aliphatic rings. The zero-order valence-electron chi connectivity index (χ0n) is 16.3. The van der Waals surface area contributed by atoms with Gasteiger partial charge in [0.05, 0.1) is 24.7 Å². The van der Waals surface area contributed by atoms with Crippen molar-refractivity contribution >= 4 is 48.3 Å². The van der Waals surface area contributed by atoms with Crippen molar-refractivity contribution in [1.82, 2.24) is 19.2 Å². The molecule has 0 spiro atoms. The van der Waals surface area contributed by atoms with E-state index in [2.05, 4.69) is 16.0 Å². The SMILES string of the molecule is N#Cc1ccc2sc(S(=O)(=O)N3CCN(Cc4cc5cnccc5[nH]4)C(=O)C3)cc2c1. The summed E-state index contributed by atoms with van der Waals surface area (Å²) in [4.78, 5) is 21.7. The first-order chi connectivity index (χ1) is 14.9. The molecule has 0 saturated carbocycles. The van der Waals surface area contributed by atoms with Crippen LogP contribution in [0.5, 0.6) is 0 Å². The summed E-state index contributed by atoms with van der Waals surface area (Å²) in [6.07, 6.45) is 3.46. The zero-order chi connectivity index (χ0) is 21.6. The van der Waals surface area contributed by atoms with Crippen LogP contribution in [0.1, 0.15) is 11.3 Å². The first-order valence-electron chi connectivity index (χ1n) is 9.57. The Morgan fingerprint density at radius 3 is 2.81 bits per heavy atom. The van der Waals surface area contributed by atoms with Gasteiger partial charge in [-0.3, -0.25) is 9.78 Å². The van der Waals surface area contributed by atoms with Crippen molar-refractivity contribution in [3.8, 4) is 6.07 Å². The predicted octanol–water partition coefficient (Wildman–Crippen LogP) is 2.68. The molecule has 31 heavy (non-hydrogen) atoms. The number of pyridine rings is 1. The van der Waals surface area contributed by atoms with Crippen molar-refractivity contribution in [2.75, 3.05) is 19.6 Å². The number of nitrogens with zero attached hydrogens (tertiary/aromatic N) is 4. The summed E-state index contributed by atoms with van der Waals surface area (Å²) in [5, 5.41) is 10.7. The summed E-state index contributed by atoms with van der Waals surface area (Å²) < 4.78 is 28.5. The van der Waals surface area contributed by atoms with E-state index in [4.69, 9.17) is 5.26 Å². The largest absolute Gasteiger partial charge is 0.357 e. The Labute approximate surface area is 182 Å². The number of aromatic amines is 1. The van der Waals surface area contributed by atoms with E-state index >= 15 is 0 Å². The Balaban J connectivity index is 1.33. The number of hydrogen-bond acceptors (Lipinski definition) is 6. The summed E-state index contributed by atoms with van der Waals surface area (Å²) in [6.45, 7) is 0.742. The fourth-order valence-electron chi connectivity index (χ4n) is 3.73. The minimum atomic E-state index is -3.79. The number of fused-ring (bicyclic) bond motifs is 2. The second kappa shape index (κ2) is 7.46. The fraction of sp³-hybridized carbons (Fsp3) is 0.190. The molecule has 1 amide bonds. The Bertz CT molecular complexity index is 1430.